The third-order valence-electron chi connectivity index (χ3n) is 1.82. The van der Waals surface area contributed by atoms with Crippen molar-refractivity contribution in [3.05, 3.63) is 44.6 Å². The Hall–Kier alpha value is -0.101. The van der Waals surface area contributed by atoms with Crippen LogP contribution in [0.2, 0.25) is 0 Å². The second kappa shape index (κ2) is 6.40. The van der Waals surface area contributed by atoms with Gasteiger partial charge in [0, 0.05) is 0 Å². The van der Waals surface area contributed by atoms with E-state index >= 15 is 0 Å². The molecule has 0 amide bonds. The van der Waals surface area contributed by atoms with E-state index in [-0.39, 0.29) is 0 Å². The fraction of sp³-hybridized carbons (Fsp3) is 0.333. The third kappa shape index (κ3) is 5.59. The molecule has 0 unspecified atom stereocenters. The quantitative estimate of drug-likeness (QED) is 0.610. The molecule has 0 rings (SSSR count). The van der Waals surface area contributed by atoms with Crippen molar-refractivity contribution >= 4 is 9.58 Å². The van der Waals surface area contributed by atoms with Crippen LogP contribution < -0.4 is 0 Å². The van der Waals surface area contributed by atoms with Crippen molar-refractivity contribution in [1.82, 2.24) is 0 Å². The summed E-state index contributed by atoms with van der Waals surface area (Å²) in [6.07, 6.45) is 0. The minimum absolute atomic E-state index is 1.09. The fourth-order valence-electron chi connectivity index (χ4n) is 0.468. The molecule has 82 valence electrons. The molecule has 0 aliphatic rings. The van der Waals surface area contributed by atoms with Gasteiger partial charge in [0.15, 0.2) is 0 Å². The zero-order valence-corrected chi connectivity index (χ0v) is 12.4. The number of allylic oxidation sites excluding steroid dienone is 4. The molecule has 0 radical (unpaired) electrons. The van der Waals surface area contributed by atoms with Crippen LogP contribution in [0, 0.1) is 0 Å². The van der Waals surface area contributed by atoms with E-state index in [4.69, 9.17) is 9.58 Å². The number of hydrogen-bond acceptors (Lipinski definition) is 0. The predicted octanol–water partition coefficient (Wildman–Crippen LogP) is 4.72. The molecule has 0 fully saturated rings. The van der Waals surface area contributed by atoms with Gasteiger partial charge in [-0.3, -0.25) is 0 Å². The molecule has 0 spiro atoms. The van der Waals surface area contributed by atoms with Gasteiger partial charge in [-0.1, -0.05) is 0 Å². The van der Waals surface area contributed by atoms with Crippen LogP contribution in [0.25, 0.3) is 0 Å². The molecule has 0 aliphatic heterocycles. The molecule has 0 atom stereocenters. The zero-order valence-electron chi connectivity index (χ0n) is 9.28. The van der Waals surface area contributed by atoms with Crippen LogP contribution in [0.5, 0.6) is 0 Å². The van der Waals surface area contributed by atoms with Crippen molar-refractivity contribution in [3.8, 4) is 0 Å². The molecule has 0 aromatic heterocycles. The summed E-state index contributed by atoms with van der Waals surface area (Å²) in [4.78, 5) is 0. The van der Waals surface area contributed by atoms with Crippen molar-refractivity contribution in [2.75, 3.05) is 0 Å². The summed E-state index contributed by atoms with van der Waals surface area (Å²) in [5, 5.41) is 0. The molecule has 0 heterocycles. The van der Waals surface area contributed by atoms with Gasteiger partial charge in [-0.15, -0.1) is 0 Å². The van der Waals surface area contributed by atoms with Gasteiger partial charge in [0.1, 0.15) is 0 Å². The molecule has 0 aromatic carbocycles. The summed E-state index contributed by atoms with van der Waals surface area (Å²) in [6.45, 7) is 15.9. The molecule has 0 saturated heterocycles. The van der Waals surface area contributed by atoms with Crippen molar-refractivity contribution in [2.45, 2.75) is 27.7 Å². The average Bonchev–Trinajstić information content (AvgIpc) is 2.03. The monoisotopic (exact) mass is 390 g/mol. The zero-order chi connectivity index (χ0) is 11.3. The first-order valence-electron chi connectivity index (χ1n) is 4.30. The summed E-state index contributed by atoms with van der Waals surface area (Å²) >= 11 is -1.67. The summed E-state index contributed by atoms with van der Waals surface area (Å²) in [7, 11) is 6.29. The molecule has 0 saturated carbocycles. The van der Waals surface area contributed by atoms with Crippen molar-refractivity contribution in [1.29, 1.82) is 0 Å². The van der Waals surface area contributed by atoms with Crippen molar-refractivity contribution in [2.24, 2.45) is 0 Å². The standard InChI is InChI=1S/2C6H9.ClH.Ir/c2*1-5(2)6(3)4;;/h2*1H,3H2,2,4H3;1H;/q;;;+1/p-1. The number of halogens is 1. The first kappa shape index (κ1) is 13.9. The Morgan fingerprint density at radius 2 is 1.21 bits per heavy atom. The van der Waals surface area contributed by atoms with E-state index in [1.807, 2.05) is 13.8 Å². The van der Waals surface area contributed by atoms with Crippen LogP contribution in [0.3, 0.4) is 0 Å². The summed E-state index contributed by atoms with van der Waals surface area (Å²) in [6, 6.07) is 0. The second-order valence-electron chi connectivity index (χ2n) is 3.38. The molecular weight excluding hydrogens is 372 g/mol. The molecule has 0 bridgehead atoms. The van der Waals surface area contributed by atoms with Crippen LogP contribution in [0.4, 0.5) is 0 Å². The normalized spacial score (nSPS) is 13.9. The van der Waals surface area contributed by atoms with Gasteiger partial charge in [-0.2, -0.15) is 0 Å². The van der Waals surface area contributed by atoms with E-state index in [9.17, 15) is 0 Å². The molecule has 0 nitrogen and oxygen atoms in total. The molecule has 2 heteroatoms. The summed E-state index contributed by atoms with van der Waals surface area (Å²) in [5.74, 6) is 0. The van der Waals surface area contributed by atoms with E-state index < -0.39 is 15.5 Å². The topological polar surface area (TPSA) is 0 Å². The predicted molar refractivity (Wildman–Crippen MR) is 63.0 cm³/mol. The Morgan fingerprint density at radius 1 is 0.929 bits per heavy atom. The van der Waals surface area contributed by atoms with E-state index in [0.29, 0.717) is 0 Å². The van der Waals surface area contributed by atoms with Gasteiger partial charge in [-0.05, 0) is 0 Å². The summed E-state index contributed by atoms with van der Waals surface area (Å²) in [5.41, 5.74) is 4.61. The van der Waals surface area contributed by atoms with Gasteiger partial charge in [-0.25, -0.2) is 0 Å². The number of hydrogen-bond donors (Lipinski definition) is 0. The number of rotatable bonds is 4. The second-order valence-corrected chi connectivity index (χ2v) is 8.98. The van der Waals surface area contributed by atoms with E-state index in [2.05, 4.69) is 36.2 Å². The Morgan fingerprint density at radius 3 is 1.43 bits per heavy atom. The minimum atomic E-state index is -1.67. The Bertz CT molecular complexity index is 267. The van der Waals surface area contributed by atoms with Crippen LogP contribution >= 0.6 is 9.58 Å². The Kier molecular flexibility index (Phi) is 6.35. The molecular formula is C12H18ClIr. The van der Waals surface area contributed by atoms with Crippen molar-refractivity contribution < 1.29 is 15.5 Å². The van der Waals surface area contributed by atoms with E-state index in [1.165, 1.54) is 11.1 Å². The first-order chi connectivity index (χ1) is 6.34. The SMILES string of the molecule is C=C(C)C(C)=[CH][Ir]([Cl])[CH]=C(C)C(=C)C. The van der Waals surface area contributed by atoms with Gasteiger partial charge < -0.3 is 0 Å². The fourth-order valence-corrected chi connectivity index (χ4v) is 5.62. The Balaban J connectivity index is 4.59. The van der Waals surface area contributed by atoms with Crippen LogP contribution in [0.1, 0.15) is 27.7 Å². The van der Waals surface area contributed by atoms with Crippen LogP contribution in [0.15, 0.2) is 44.6 Å². The average molecular weight is 390 g/mol. The maximum atomic E-state index is 6.29. The maximum absolute atomic E-state index is 6.29. The molecule has 0 N–H and O–H groups in total. The third-order valence-corrected chi connectivity index (χ3v) is 6.40. The molecule has 14 heavy (non-hydrogen) atoms. The van der Waals surface area contributed by atoms with Gasteiger partial charge in [0.2, 0.25) is 0 Å². The van der Waals surface area contributed by atoms with E-state index in [1.54, 1.807) is 0 Å². The van der Waals surface area contributed by atoms with Crippen molar-refractivity contribution in [3.63, 3.8) is 0 Å². The Labute approximate surface area is 97.2 Å². The van der Waals surface area contributed by atoms with Crippen LogP contribution in [-0.4, -0.2) is 0 Å². The van der Waals surface area contributed by atoms with E-state index in [0.717, 1.165) is 11.1 Å². The first-order valence-corrected chi connectivity index (χ1v) is 10.0. The molecule has 0 aliphatic carbocycles. The van der Waals surface area contributed by atoms with Gasteiger partial charge in [0.05, 0.1) is 0 Å². The van der Waals surface area contributed by atoms with Crippen LogP contribution in [-0.2, 0) is 15.5 Å². The molecule has 0 aromatic rings. The summed E-state index contributed by atoms with van der Waals surface area (Å²) < 4.78 is 4.33. The van der Waals surface area contributed by atoms with Gasteiger partial charge >= 0.3 is 97.4 Å². The van der Waals surface area contributed by atoms with Gasteiger partial charge in [0.25, 0.3) is 0 Å².